The summed E-state index contributed by atoms with van der Waals surface area (Å²) in [4.78, 5) is 19.5. The largest absolute Gasteiger partial charge is 0.493 e. The van der Waals surface area contributed by atoms with Gasteiger partial charge in [-0.05, 0) is 18.6 Å². The van der Waals surface area contributed by atoms with Crippen LogP contribution in [0.5, 0.6) is 11.5 Å². The van der Waals surface area contributed by atoms with E-state index in [-0.39, 0.29) is 12.5 Å². The van der Waals surface area contributed by atoms with E-state index in [1.807, 2.05) is 0 Å². The number of H-pyrrole nitrogens is 1. The van der Waals surface area contributed by atoms with Crippen molar-refractivity contribution in [3.63, 3.8) is 0 Å². The van der Waals surface area contributed by atoms with Gasteiger partial charge in [0.2, 0.25) is 0 Å². The molecule has 1 aromatic heterocycles. The lowest BCUT2D eigenvalue weighted by Gasteiger charge is -2.17. The number of ether oxygens (including phenoxy) is 2. The Kier molecular flexibility index (Phi) is 5.97. The third-order valence-electron chi connectivity index (χ3n) is 3.52. The summed E-state index contributed by atoms with van der Waals surface area (Å²) in [7, 11) is 3.06. The number of imidazole rings is 1. The summed E-state index contributed by atoms with van der Waals surface area (Å²) in [6, 6.07) is 2.69. The highest BCUT2D eigenvalue weighted by Gasteiger charge is 2.20. The average Bonchev–Trinajstić information content (AvgIpc) is 3.13. The van der Waals surface area contributed by atoms with E-state index in [9.17, 15) is 9.90 Å². The molecule has 128 valence electrons. The number of carbonyl (C=O) groups excluding carboxylic acids is 1. The van der Waals surface area contributed by atoms with Crippen molar-refractivity contribution in [3.8, 4) is 11.5 Å². The summed E-state index contributed by atoms with van der Waals surface area (Å²) in [5.41, 5.74) is 1.19. The third kappa shape index (κ3) is 3.75. The number of aliphatic hydroxyl groups excluding tert-OH is 1. The second kappa shape index (κ2) is 8.16. The number of hydrogen-bond acceptors (Lipinski definition) is 5. The summed E-state index contributed by atoms with van der Waals surface area (Å²) in [5.74, 6) is 1.16. The van der Waals surface area contributed by atoms with Gasteiger partial charge in [-0.25, -0.2) is 4.98 Å². The lowest BCUT2D eigenvalue weighted by Crippen LogP contribution is -2.31. The number of allylic oxidation sites excluding steroid dienone is 1. The van der Waals surface area contributed by atoms with Crippen LogP contribution in [0.4, 0.5) is 0 Å². The number of rotatable bonds is 8. The molecule has 0 saturated carbocycles. The normalized spacial score (nSPS) is 11.6. The minimum absolute atomic E-state index is 0.272. The van der Waals surface area contributed by atoms with Crippen LogP contribution in [0.3, 0.4) is 0 Å². The van der Waals surface area contributed by atoms with Crippen molar-refractivity contribution in [1.29, 1.82) is 0 Å². The molecular formula is C17H21N3O4. The zero-order valence-corrected chi connectivity index (χ0v) is 13.7. The van der Waals surface area contributed by atoms with Gasteiger partial charge >= 0.3 is 0 Å². The molecule has 0 radical (unpaired) electrons. The molecule has 7 nitrogen and oxygen atoms in total. The number of benzene rings is 1. The lowest BCUT2D eigenvalue weighted by molar-refractivity contribution is 0.0913. The minimum Gasteiger partial charge on any atom is -0.493 e. The number of nitrogens with zero attached hydrogens (tertiary/aromatic N) is 1. The molecular weight excluding hydrogens is 310 g/mol. The zero-order valence-electron chi connectivity index (χ0n) is 13.7. The van der Waals surface area contributed by atoms with Gasteiger partial charge in [-0.3, -0.25) is 4.79 Å². The van der Waals surface area contributed by atoms with Gasteiger partial charge < -0.3 is 24.9 Å². The monoisotopic (exact) mass is 331 g/mol. The fourth-order valence-corrected chi connectivity index (χ4v) is 2.39. The lowest BCUT2D eigenvalue weighted by atomic mass is 10.0. The van der Waals surface area contributed by atoms with Gasteiger partial charge in [-0.1, -0.05) is 6.08 Å². The second-order valence-corrected chi connectivity index (χ2v) is 5.05. The molecule has 0 saturated heterocycles. The van der Waals surface area contributed by atoms with Crippen molar-refractivity contribution in [2.45, 2.75) is 12.5 Å². The molecule has 24 heavy (non-hydrogen) atoms. The highest BCUT2D eigenvalue weighted by molar-refractivity contribution is 5.95. The van der Waals surface area contributed by atoms with Gasteiger partial charge in [0.05, 0.1) is 20.8 Å². The van der Waals surface area contributed by atoms with Gasteiger partial charge in [-0.15, -0.1) is 6.58 Å². The van der Waals surface area contributed by atoms with Crippen molar-refractivity contribution in [2.75, 3.05) is 20.8 Å². The first-order valence-electron chi connectivity index (χ1n) is 7.41. The third-order valence-corrected chi connectivity index (χ3v) is 3.52. The van der Waals surface area contributed by atoms with Crippen molar-refractivity contribution < 1.29 is 19.4 Å². The van der Waals surface area contributed by atoms with Crippen LogP contribution in [0.25, 0.3) is 0 Å². The number of methoxy groups -OCH3 is 2. The van der Waals surface area contributed by atoms with Crippen LogP contribution in [0.2, 0.25) is 0 Å². The number of amides is 1. The molecule has 0 bridgehead atoms. The number of aromatic nitrogens is 2. The van der Waals surface area contributed by atoms with Crippen LogP contribution in [0.1, 0.15) is 27.8 Å². The average molecular weight is 331 g/mol. The Labute approximate surface area is 140 Å². The minimum atomic E-state index is -0.622. The molecule has 0 aliphatic rings. The molecule has 1 amide bonds. The Morgan fingerprint density at radius 3 is 2.79 bits per heavy atom. The van der Waals surface area contributed by atoms with E-state index < -0.39 is 6.04 Å². The molecule has 0 aliphatic carbocycles. The number of aliphatic hydroxyl groups is 1. The molecule has 7 heteroatoms. The molecule has 1 atom stereocenters. The van der Waals surface area contributed by atoms with Gasteiger partial charge in [0.25, 0.3) is 5.91 Å². The summed E-state index contributed by atoms with van der Waals surface area (Å²) in [6.07, 6.45) is 5.44. The van der Waals surface area contributed by atoms with E-state index in [2.05, 4.69) is 21.9 Å². The Balaban J connectivity index is 2.31. The molecule has 0 fully saturated rings. The number of hydrogen-bond donors (Lipinski definition) is 3. The smallest absolute Gasteiger partial charge is 0.252 e. The van der Waals surface area contributed by atoms with Crippen LogP contribution in [0, 0.1) is 0 Å². The summed E-state index contributed by atoms with van der Waals surface area (Å²) in [5, 5.41) is 12.2. The fraction of sp³-hybridized carbons (Fsp3) is 0.294. The van der Waals surface area contributed by atoms with Gasteiger partial charge in [0, 0.05) is 23.5 Å². The molecule has 1 heterocycles. The molecule has 2 rings (SSSR count). The fourth-order valence-electron chi connectivity index (χ4n) is 2.39. The van der Waals surface area contributed by atoms with E-state index >= 15 is 0 Å². The predicted octanol–water partition coefficient (Wildman–Crippen LogP) is 1.62. The molecule has 2 aromatic rings. The van der Waals surface area contributed by atoms with Gasteiger partial charge in [0.15, 0.2) is 11.5 Å². The number of nitrogens with one attached hydrogen (secondary N) is 2. The SMILES string of the molecule is C=CCc1cc(C(=O)NC(CO)c2ncc[nH]2)cc(OC)c1OC. The standard InChI is InChI=1S/C17H21N3O4/c1-4-5-11-8-12(9-14(23-2)15(11)24-3)17(22)20-13(10-21)16-18-6-7-19-16/h4,6-9,13,21H,1,5,10H2,2-3H3,(H,18,19)(H,20,22). The van der Waals surface area contributed by atoms with Gasteiger partial charge in [0.1, 0.15) is 11.9 Å². The molecule has 1 unspecified atom stereocenters. The molecule has 1 aromatic carbocycles. The van der Waals surface area contributed by atoms with E-state index in [1.165, 1.54) is 7.11 Å². The van der Waals surface area contributed by atoms with Crippen molar-refractivity contribution >= 4 is 5.91 Å². The highest BCUT2D eigenvalue weighted by Crippen LogP contribution is 2.33. The topological polar surface area (TPSA) is 96.5 Å². The van der Waals surface area contributed by atoms with Crippen LogP contribution in [-0.4, -0.2) is 41.8 Å². The van der Waals surface area contributed by atoms with Gasteiger partial charge in [-0.2, -0.15) is 0 Å². The Bertz CT molecular complexity index is 698. The molecule has 3 N–H and O–H groups in total. The zero-order chi connectivity index (χ0) is 17.5. The molecule has 0 aliphatic heterocycles. The summed E-state index contributed by atoms with van der Waals surface area (Å²) >= 11 is 0. The summed E-state index contributed by atoms with van der Waals surface area (Å²) in [6.45, 7) is 3.44. The first-order chi connectivity index (χ1) is 11.6. The maximum absolute atomic E-state index is 12.5. The Hall–Kier alpha value is -2.80. The van der Waals surface area contributed by atoms with E-state index in [4.69, 9.17) is 9.47 Å². The second-order valence-electron chi connectivity index (χ2n) is 5.05. The quantitative estimate of drug-likeness (QED) is 0.639. The predicted molar refractivity (Wildman–Crippen MR) is 89.3 cm³/mol. The number of carbonyl (C=O) groups is 1. The van der Waals surface area contributed by atoms with E-state index in [1.54, 1.807) is 37.7 Å². The summed E-state index contributed by atoms with van der Waals surface area (Å²) < 4.78 is 10.7. The van der Waals surface area contributed by atoms with Crippen molar-refractivity contribution in [1.82, 2.24) is 15.3 Å². The van der Waals surface area contributed by atoms with Crippen molar-refractivity contribution in [3.05, 3.63) is 54.1 Å². The highest BCUT2D eigenvalue weighted by atomic mass is 16.5. The van der Waals surface area contributed by atoms with E-state index in [0.717, 1.165) is 5.56 Å². The van der Waals surface area contributed by atoms with Crippen molar-refractivity contribution in [2.24, 2.45) is 0 Å². The maximum Gasteiger partial charge on any atom is 0.252 e. The Morgan fingerprint density at radius 1 is 1.46 bits per heavy atom. The maximum atomic E-state index is 12.5. The molecule has 0 spiro atoms. The Morgan fingerprint density at radius 2 is 2.25 bits per heavy atom. The first-order valence-corrected chi connectivity index (χ1v) is 7.41. The van der Waals surface area contributed by atoms with Crippen LogP contribution < -0.4 is 14.8 Å². The first kappa shape index (κ1) is 17.6. The van der Waals surface area contributed by atoms with E-state index in [0.29, 0.717) is 29.3 Å². The number of aromatic amines is 1. The van der Waals surface area contributed by atoms with Crippen LogP contribution in [0.15, 0.2) is 37.2 Å². The van der Waals surface area contributed by atoms with Crippen LogP contribution in [-0.2, 0) is 6.42 Å². The van der Waals surface area contributed by atoms with Crippen LogP contribution >= 0.6 is 0 Å².